The van der Waals surface area contributed by atoms with Crippen molar-refractivity contribution in [3.63, 3.8) is 0 Å². The molecule has 0 radical (unpaired) electrons. The van der Waals surface area contributed by atoms with Crippen molar-refractivity contribution in [1.82, 2.24) is 5.32 Å². The summed E-state index contributed by atoms with van der Waals surface area (Å²) in [4.78, 5) is 1.19. The summed E-state index contributed by atoms with van der Waals surface area (Å²) in [5.74, 6) is 0. The zero-order valence-electron chi connectivity index (χ0n) is 9.49. The predicted octanol–water partition coefficient (Wildman–Crippen LogP) is 1.23. The zero-order chi connectivity index (χ0) is 11.4. The third-order valence-corrected chi connectivity index (χ3v) is 3.95. The number of hydrogen-bond acceptors (Lipinski definition) is 5. The largest absolute Gasteiger partial charge is 0.398 e. The first-order chi connectivity index (χ1) is 7.76. The van der Waals surface area contributed by atoms with E-state index in [1.807, 2.05) is 11.4 Å². The number of rotatable bonds is 5. The number of nitrogen functional groups attached to an aromatic ring is 1. The smallest absolute Gasteiger partial charge is 0.106 e. The van der Waals surface area contributed by atoms with Crippen LogP contribution in [0.3, 0.4) is 0 Å². The highest BCUT2D eigenvalue weighted by atomic mass is 32.1. The van der Waals surface area contributed by atoms with Gasteiger partial charge < -0.3 is 20.5 Å². The number of anilines is 1. The van der Waals surface area contributed by atoms with Crippen LogP contribution in [-0.2, 0) is 16.0 Å². The maximum Gasteiger partial charge on any atom is 0.106 e. The second-order valence-corrected chi connectivity index (χ2v) is 5.09. The van der Waals surface area contributed by atoms with Crippen molar-refractivity contribution < 1.29 is 9.47 Å². The monoisotopic (exact) mass is 242 g/mol. The maximum atomic E-state index is 5.81. The molecule has 1 aliphatic rings. The molecule has 1 aromatic rings. The molecule has 16 heavy (non-hydrogen) atoms. The summed E-state index contributed by atoms with van der Waals surface area (Å²) >= 11 is 1.68. The van der Waals surface area contributed by atoms with Crippen LogP contribution >= 0.6 is 11.3 Å². The molecule has 2 heterocycles. The molecule has 0 bridgehead atoms. The molecule has 90 valence electrons. The van der Waals surface area contributed by atoms with E-state index in [1.165, 1.54) is 4.88 Å². The Morgan fingerprint density at radius 1 is 1.69 bits per heavy atom. The van der Waals surface area contributed by atoms with Crippen LogP contribution in [0.5, 0.6) is 0 Å². The molecular weight excluding hydrogens is 224 g/mol. The highest BCUT2D eigenvalue weighted by molar-refractivity contribution is 7.10. The average molecular weight is 242 g/mol. The Morgan fingerprint density at radius 3 is 3.12 bits per heavy atom. The van der Waals surface area contributed by atoms with Crippen LogP contribution in [0.1, 0.15) is 11.3 Å². The number of nitrogens with one attached hydrogen (secondary N) is 1. The molecule has 1 unspecified atom stereocenters. The number of methoxy groups -OCH3 is 1. The van der Waals surface area contributed by atoms with Crippen molar-refractivity contribution >= 4 is 17.0 Å². The summed E-state index contributed by atoms with van der Waals surface area (Å²) in [6, 6.07) is 1.94. The van der Waals surface area contributed by atoms with Crippen LogP contribution in [0.4, 0.5) is 5.69 Å². The molecule has 1 aromatic heterocycles. The van der Waals surface area contributed by atoms with Gasteiger partial charge in [-0.25, -0.2) is 0 Å². The van der Waals surface area contributed by atoms with Crippen molar-refractivity contribution in [1.29, 1.82) is 0 Å². The molecule has 4 nitrogen and oxygen atoms in total. The molecule has 3 N–H and O–H groups in total. The Labute approximate surface area is 99.7 Å². The van der Waals surface area contributed by atoms with Gasteiger partial charge in [0.2, 0.25) is 0 Å². The number of ether oxygens (including phenoxy) is 2. The van der Waals surface area contributed by atoms with E-state index in [4.69, 9.17) is 15.2 Å². The topological polar surface area (TPSA) is 56.5 Å². The lowest BCUT2D eigenvalue weighted by Gasteiger charge is -2.25. The van der Waals surface area contributed by atoms with Gasteiger partial charge in [-0.15, -0.1) is 11.3 Å². The number of hydrogen-bond donors (Lipinski definition) is 2. The van der Waals surface area contributed by atoms with Gasteiger partial charge in [-0.05, 0) is 11.4 Å². The Kier molecular flexibility index (Phi) is 3.81. The Bertz CT molecular complexity index is 334. The lowest BCUT2D eigenvalue weighted by Crippen LogP contribution is -2.42. The quantitative estimate of drug-likeness (QED) is 0.815. The Hall–Kier alpha value is -0.620. The summed E-state index contributed by atoms with van der Waals surface area (Å²) in [6.45, 7) is 3.07. The van der Waals surface area contributed by atoms with Crippen molar-refractivity contribution in [3.8, 4) is 0 Å². The van der Waals surface area contributed by atoms with Crippen LogP contribution in [0, 0.1) is 0 Å². The van der Waals surface area contributed by atoms with Crippen molar-refractivity contribution in [3.05, 3.63) is 16.3 Å². The molecule has 1 aliphatic heterocycles. The van der Waals surface area contributed by atoms with Crippen LogP contribution in [0.15, 0.2) is 11.4 Å². The SMILES string of the molecule is COC1(CNCc2sccc2N)CCOC1. The lowest BCUT2D eigenvalue weighted by atomic mass is 10.0. The van der Waals surface area contributed by atoms with Crippen LogP contribution in [0.25, 0.3) is 0 Å². The fraction of sp³-hybridized carbons (Fsp3) is 0.636. The second kappa shape index (κ2) is 5.14. The van der Waals surface area contributed by atoms with Gasteiger partial charge in [-0.1, -0.05) is 0 Å². The Balaban J connectivity index is 1.81. The zero-order valence-corrected chi connectivity index (χ0v) is 10.3. The molecule has 1 atom stereocenters. The first kappa shape index (κ1) is 11.9. The fourth-order valence-corrected chi connectivity index (χ4v) is 2.63. The summed E-state index contributed by atoms with van der Waals surface area (Å²) in [5, 5.41) is 5.40. The molecule has 0 saturated carbocycles. The molecule has 0 aliphatic carbocycles. The minimum absolute atomic E-state index is 0.147. The molecule has 2 rings (SSSR count). The first-order valence-corrected chi connectivity index (χ1v) is 6.29. The maximum absolute atomic E-state index is 5.81. The fourth-order valence-electron chi connectivity index (χ4n) is 1.86. The van der Waals surface area contributed by atoms with Gasteiger partial charge in [0.05, 0.1) is 6.61 Å². The van der Waals surface area contributed by atoms with Crippen molar-refractivity contribution in [2.75, 3.05) is 32.6 Å². The van der Waals surface area contributed by atoms with Crippen LogP contribution in [-0.4, -0.2) is 32.5 Å². The molecule has 5 heteroatoms. The summed E-state index contributed by atoms with van der Waals surface area (Å²) in [6.07, 6.45) is 0.955. The lowest BCUT2D eigenvalue weighted by molar-refractivity contribution is -0.0158. The van der Waals surface area contributed by atoms with E-state index in [0.717, 1.165) is 31.8 Å². The van der Waals surface area contributed by atoms with Gasteiger partial charge in [-0.3, -0.25) is 0 Å². The van der Waals surface area contributed by atoms with Crippen LogP contribution < -0.4 is 11.1 Å². The highest BCUT2D eigenvalue weighted by Crippen LogP contribution is 2.22. The van der Waals surface area contributed by atoms with E-state index in [9.17, 15) is 0 Å². The Morgan fingerprint density at radius 2 is 2.56 bits per heavy atom. The third kappa shape index (κ3) is 2.55. The van der Waals surface area contributed by atoms with Gasteiger partial charge in [-0.2, -0.15) is 0 Å². The summed E-state index contributed by atoms with van der Waals surface area (Å²) in [7, 11) is 1.75. The molecule has 1 saturated heterocycles. The summed E-state index contributed by atoms with van der Waals surface area (Å²) < 4.78 is 10.9. The second-order valence-electron chi connectivity index (χ2n) is 4.09. The molecule has 0 aromatic carbocycles. The van der Waals surface area contributed by atoms with Gasteiger partial charge in [0.25, 0.3) is 0 Å². The van der Waals surface area contributed by atoms with E-state index >= 15 is 0 Å². The standard InChI is InChI=1S/C11H18N2O2S/c1-14-11(3-4-15-8-11)7-13-6-10-9(12)2-5-16-10/h2,5,13H,3-4,6-8,12H2,1H3. The van der Waals surface area contributed by atoms with Gasteiger partial charge in [0, 0.05) is 43.8 Å². The highest BCUT2D eigenvalue weighted by Gasteiger charge is 2.34. The average Bonchev–Trinajstić information content (AvgIpc) is 2.90. The molecular formula is C11H18N2O2S. The van der Waals surface area contributed by atoms with Gasteiger partial charge >= 0.3 is 0 Å². The van der Waals surface area contributed by atoms with E-state index in [0.29, 0.717) is 6.61 Å². The minimum atomic E-state index is -0.147. The van der Waals surface area contributed by atoms with E-state index in [-0.39, 0.29) is 5.60 Å². The van der Waals surface area contributed by atoms with Gasteiger partial charge in [0.1, 0.15) is 5.60 Å². The van der Waals surface area contributed by atoms with Crippen molar-refractivity contribution in [2.24, 2.45) is 0 Å². The summed E-state index contributed by atoms with van der Waals surface area (Å²) in [5.41, 5.74) is 6.54. The number of nitrogens with two attached hydrogens (primary N) is 1. The number of thiophene rings is 1. The predicted molar refractivity (Wildman–Crippen MR) is 65.6 cm³/mol. The normalized spacial score (nSPS) is 25.1. The molecule has 1 fully saturated rings. The van der Waals surface area contributed by atoms with Crippen molar-refractivity contribution in [2.45, 2.75) is 18.6 Å². The van der Waals surface area contributed by atoms with E-state index in [2.05, 4.69) is 5.32 Å². The third-order valence-electron chi connectivity index (χ3n) is 3.01. The molecule has 0 amide bonds. The van der Waals surface area contributed by atoms with Crippen LogP contribution in [0.2, 0.25) is 0 Å². The minimum Gasteiger partial charge on any atom is -0.398 e. The van der Waals surface area contributed by atoms with E-state index < -0.39 is 0 Å². The molecule has 0 spiro atoms. The van der Waals surface area contributed by atoms with Gasteiger partial charge in [0.15, 0.2) is 0 Å². The first-order valence-electron chi connectivity index (χ1n) is 5.41. The van der Waals surface area contributed by atoms with E-state index in [1.54, 1.807) is 18.4 Å².